The molecule has 1 heterocycles. The molecule has 0 spiro atoms. The first-order valence-electron chi connectivity index (χ1n) is 5.83. The molecule has 0 atom stereocenters. The third kappa shape index (κ3) is 4.37. The van der Waals surface area contributed by atoms with Gasteiger partial charge in [0, 0.05) is 10.6 Å². The number of aromatic nitrogens is 1. The number of hydrogen-bond donors (Lipinski definition) is 1. The zero-order chi connectivity index (χ0) is 14.0. The van der Waals surface area contributed by atoms with Gasteiger partial charge in [-0.25, -0.2) is 4.98 Å². The Morgan fingerprint density at radius 2 is 2.21 bits per heavy atom. The molecule has 19 heavy (non-hydrogen) atoms. The van der Waals surface area contributed by atoms with E-state index in [1.54, 1.807) is 11.3 Å². The highest BCUT2D eigenvalue weighted by Gasteiger charge is 2.14. The lowest BCUT2D eigenvalue weighted by molar-refractivity contribution is -0.119. The topological polar surface area (TPSA) is 42.0 Å². The third-order valence-corrected chi connectivity index (χ3v) is 4.59. The maximum absolute atomic E-state index is 11.7. The maximum Gasteiger partial charge on any atom is 0.230 e. The Bertz CT molecular complexity index is 604. The van der Waals surface area contributed by atoms with Crippen LogP contribution in [0, 0.1) is 0 Å². The van der Waals surface area contributed by atoms with Crippen molar-refractivity contribution in [3.63, 3.8) is 0 Å². The van der Waals surface area contributed by atoms with Crippen molar-refractivity contribution in [2.24, 2.45) is 0 Å². The molecule has 0 bridgehead atoms. The van der Waals surface area contributed by atoms with Gasteiger partial charge < -0.3 is 5.32 Å². The molecule has 1 N–H and O–H groups in total. The lowest BCUT2D eigenvalue weighted by atomic mass is 10.1. The van der Waals surface area contributed by atoms with E-state index in [1.165, 1.54) is 11.8 Å². The van der Waals surface area contributed by atoms with Gasteiger partial charge in [0.25, 0.3) is 0 Å². The fourth-order valence-electron chi connectivity index (χ4n) is 1.52. The summed E-state index contributed by atoms with van der Waals surface area (Å²) < 4.78 is 1.98. The van der Waals surface area contributed by atoms with E-state index < -0.39 is 0 Å². The number of hydrogen-bond acceptors (Lipinski definition) is 4. The van der Waals surface area contributed by atoms with Gasteiger partial charge in [0.15, 0.2) is 4.34 Å². The second-order valence-electron chi connectivity index (χ2n) is 5.18. The van der Waals surface area contributed by atoms with E-state index in [-0.39, 0.29) is 11.4 Å². The number of rotatable bonds is 3. The van der Waals surface area contributed by atoms with Crippen LogP contribution in [-0.2, 0) is 4.79 Å². The Hall–Kier alpha value is -0.780. The van der Waals surface area contributed by atoms with Crippen molar-refractivity contribution in [2.75, 3.05) is 5.75 Å². The van der Waals surface area contributed by atoms with Crippen LogP contribution in [0.1, 0.15) is 20.8 Å². The van der Waals surface area contributed by atoms with Crippen molar-refractivity contribution >= 4 is 50.8 Å². The van der Waals surface area contributed by atoms with Crippen molar-refractivity contribution in [1.82, 2.24) is 10.3 Å². The molecule has 102 valence electrons. The molecule has 2 aromatic rings. The van der Waals surface area contributed by atoms with Crippen LogP contribution in [0.25, 0.3) is 10.2 Å². The Labute approximate surface area is 125 Å². The van der Waals surface area contributed by atoms with Gasteiger partial charge in [0.05, 0.1) is 16.0 Å². The van der Waals surface area contributed by atoms with Gasteiger partial charge in [-0.2, -0.15) is 0 Å². The number of carbonyl (C=O) groups excluding carboxylic acids is 1. The summed E-state index contributed by atoms with van der Waals surface area (Å²) in [5.41, 5.74) is 0.690. The molecule has 0 aliphatic rings. The lowest BCUT2D eigenvalue weighted by Crippen LogP contribution is -2.41. The molecule has 0 aliphatic heterocycles. The molecule has 3 nitrogen and oxygen atoms in total. The predicted molar refractivity (Wildman–Crippen MR) is 83.2 cm³/mol. The average Bonchev–Trinajstić information content (AvgIpc) is 2.66. The van der Waals surface area contributed by atoms with E-state index in [0.29, 0.717) is 10.8 Å². The van der Waals surface area contributed by atoms with Crippen molar-refractivity contribution in [3.05, 3.63) is 23.2 Å². The van der Waals surface area contributed by atoms with E-state index in [0.717, 1.165) is 14.6 Å². The minimum absolute atomic E-state index is 0.0230. The number of benzene rings is 1. The standard InChI is InChI=1S/C13H15ClN2OS2/c1-13(2,3)16-11(17)7-18-12-15-9-6-8(14)4-5-10(9)19-12/h4-6H,7H2,1-3H3,(H,16,17). The number of nitrogens with one attached hydrogen (secondary N) is 1. The number of nitrogens with zero attached hydrogens (tertiary/aromatic N) is 1. The van der Waals surface area contributed by atoms with Crippen LogP contribution in [0.3, 0.4) is 0 Å². The lowest BCUT2D eigenvalue weighted by Gasteiger charge is -2.19. The molecule has 0 saturated heterocycles. The fourth-order valence-corrected chi connectivity index (χ4v) is 3.54. The van der Waals surface area contributed by atoms with E-state index in [2.05, 4.69) is 10.3 Å². The number of carbonyl (C=O) groups is 1. The van der Waals surface area contributed by atoms with Gasteiger partial charge in [-0.05, 0) is 39.0 Å². The van der Waals surface area contributed by atoms with Crippen LogP contribution in [0.2, 0.25) is 5.02 Å². The zero-order valence-electron chi connectivity index (χ0n) is 11.0. The highest BCUT2D eigenvalue weighted by atomic mass is 35.5. The van der Waals surface area contributed by atoms with Gasteiger partial charge in [0.1, 0.15) is 0 Å². The summed E-state index contributed by atoms with van der Waals surface area (Å²) in [6.07, 6.45) is 0. The van der Waals surface area contributed by atoms with Crippen molar-refractivity contribution < 1.29 is 4.79 Å². The van der Waals surface area contributed by atoms with Gasteiger partial charge in [0.2, 0.25) is 5.91 Å². The summed E-state index contributed by atoms with van der Waals surface area (Å²) in [6, 6.07) is 5.64. The summed E-state index contributed by atoms with van der Waals surface area (Å²) in [5, 5.41) is 3.61. The molecule has 6 heteroatoms. The molecule has 0 radical (unpaired) electrons. The minimum atomic E-state index is -0.196. The molecule has 0 saturated carbocycles. The molecule has 1 amide bonds. The highest BCUT2D eigenvalue weighted by Crippen LogP contribution is 2.30. The van der Waals surface area contributed by atoms with Crippen LogP contribution in [0.4, 0.5) is 0 Å². The summed E-state index contributed by atoms with van der Waals surface area (Å²) >= 11 is 8.95. The summed E-state index contributed by atoms with van der Waals surface area (Å²) in [6.45, 7) is 5.90. The SMILES string of the molecule is CC(C)(C)NC(=O)CSc1nc2cc(Cl)ccc2s1. The van der Waals surface area contributed by atoms with Crippen LogP contribution in [0.15, 0.2) is 22.5 Å². The third-order valence-electron chi connectivity index (χ3n) is 2.17. The quantitative estimate of drug-likeness (QED) is 0.872. The van der Waals surface area contributed by atoms with E-state index in [1.807, 2.05) is 39.0 Å². The number of halogens is 1. The first-order chi connectivity index (χ1) is 8.83. The van der Waals surface area contributed by atoms with E-state index in [4.69, 9.17) is 11.6 Å². The molecule has 1 aromatic heterocycles. The second kappa shape index (κ2) is 5.69. The van der Waals surface area contributed by atoms with Gasteiger partial charge in [-0.1, -0.05) is 23.4 Å². The number of thioether (sulfide) groups is 1. The molecular weight excluding hydrogens is 300 g/mol. The molecular formula is C13H15ClN2OS2. The summed E-state index contributed by atoms with van der Waals surface area (Å²) in [4.78, 5) is 16.2. The Morgan fingerprint density at radius 1 is 1.47 bits per heavy atom. The Kier molecular flexibility index (Phi) is 4.38. The van der Waals surface area contributed by atoms with E-state index >= 15 is 0 Å². The van der Waals surface area contributed by atoms with Crippen molar-refractivity contribution in [1.29, 1.82) is 0 Å². The molecule has 0 aliphatic carbocycles. The Morgan fingerprint density at radius 3 is 2.89 bits per heavy atom. The largest absolute Gasteiger partial charge is 0.351 e. The monoisotopic (exact) mass is 314 g/mol. The van der Waals surface area contributed by atoms with Crippen LogP contribution in [0.5, 0.6) is 0 Å². The Balaban J connectivity index is 2.00. The molecule has 1 aromatic carbocycles. The summed E-state index contributed by atoms with van der Waals surface area (Å²) in [5.74, 6) is 0.403. The molecule has 2 rings (SSSR count). The van der Waals surface area contributed by atoms with Gasteiger partial charge in [-0.3, -0.25) is 4.79 Å². The van der Waals surface area contributed by atoms with Crippen LogP contribution < -0.4 is 5.32 Å². The minimum Gasteiger partial charge on any atom is -0.351 e. The van der Waals surface area contributed by atoms with Gasteiger partial charge in [-0.15, -0.1) is 11.3 Å². The number of thiazole rings is 1. The highest BCUT2D eigenvalue weighted by molar-refractivity contribution is 8.01. The average molecular weight is 315 g/mol. The van der Waals surface area contributed by atoms with Gasteiger partial charge >= 0.3 is 0 Å². The normalized spacial score (nSPS) is 11.8. The number of amides is 1. The molecule has 0 unspecified atom stereocenters. The first-order valence-corrected chi connectivity index (χ1v) is 8.01. The smallest absolute Gasteiger partial charge is 0.230 e. The van der Waals surface area contributed by atoms with Crippen LogP contribution in [-0.4, -0.2) is 22.2 Å². The summed E-state index contributed by atoms with van der Waals surface area (Å²) in [7, 11) is 0. The van der Waals surface area contributed by atoms with Crippen LogP contribution >= 0.6 is 34.7 Å². The predicted octanol–water partition coefficient (Wildman–Crippen LogP) is 3.96. The second-order valence-corrected chi connectivity index (χ2v) is 7.87. The maximum atomic E-state index is 11.7. The van der Waals surface area contributed by atoms with E-state index in [9.17, 15) is 4.79 Å². The molecule has 0 fully saturated rings. The number of fused-ring (bicyclic) bond motifs is 1. The zero-order valence-corrected chi connectivity index (χ0v) is 13.4. The first kappa shape index (κ1) is 14.6. The van der Waals surface area contributed by atoms with Crippen molar-refractivity contribution in [2.45, 2.75) is 30.6 Å². The fraction of sp³-hybridized carbons (Fsp3) is 0.385. The van der Waals surface area contributed by atoms with Crippen molar-refractivity contribution in [3.8, 4) is 0 Å².